The van der Waals surface area contributed by atoms with Crippen LogP contribution in [0.25, 0.3) is 0 Å². The summed E-state index contributed by atoms with van der Waals surface area (Å²) in [5.74, 6) is 0. The van der Waals surface area contributed by atoms with E-state index in [0.717, 1.165) is 12.0 Å². The predicted molar refractivity (Wildman–Crippen MR) is 88.6 cm³/mol. The third-order valence-electron chi connectivity index (χ3n) is 3.10. The van der Waals surface area contributed by atoms with Gasteiger partial charge in [0.25, 0.3) is 0 Å². The maximum Gasteiger partial charge on any atom is 0.407 e. The summed E-state index contributed by atoms with van der Waals surface area (Å²) in [6.45, 7) is 6.07. The zero-order chi connectivity index (χ0) is 15.9. The smallest absolute Gasteiger partial charge is 0.407 e. The van der Waals surface area contributed by atoms with Crippen LogP contribution in [0.2, 0.25) is 0 Å². The van der Waals surface area contributed by atoms with Gasteiger partial charge in [-0.15, -0.1) is 0 Å². The number of carbonyl (C=O) groups excluding carboxylic acids is 2. The van der Waals surface area contributed by atoms with Crippen molar-refractivity contribution in [3.05, 3.63) is 29.8 Å². The lowest BCUT2D eigenvalue weighted by Gasteiger charge is -2.23. The van der Waals surface area contributed by atoms with E-state index in [-0.39, 0.29) is 10.3 Å². The van der Waals surface area contributed by atoms with Gasteiger partial charge in [0.15, 0.2) is 0 Å². The molecule has 6 heteroatoms. The molecule has 0 saturated carbocycles. The second-order valence-corrected chi connectivity index (χ2v) is 5.26. The number of amides is 3. The summed E-state index contributed by atoms with van der Waals surface area (Å²) in [4.78, 5) is 22.8. The molecular formula is C15H29N3O3. The van der Waals surface area contributed by atoms with Gasteiger partial charge in [-0.3, -0.25) is 0 Å². The molecule has 0 radical (unpaired) electrons. The summed E-state index contributed by atoms with van der Waals surface area (Å²) in [5, 5.41) is 7.83. The van der Waals surface area contributed by atoms with Gasteiger partial charge < -0.3 is 20.7 Å². The van der Waals surface area contributed by atoms with Crippen molar-refractivity contribution in [1.82, 2.24) is 10.6 Å². The Labute approximate surface area is 129 Å². The molecule has 3 N–H and O–H groups in total. The van der Waals surface area contributed by atoms with Crippen LogP contribution in [0.4, 0.5) is 15.3 Å². The fourth-order valence-corrected chi connectivity index (χ4v) is 1.43. The van der Waals surface area contributed by atoms with Gasteiger partial charge in [0.2, 0.25) is 0 Å². The van der Waals surface area contributed by atoms with Gasteiger partial charge in [-0.1, -0.05) is 19.1 Å². The first kappa shape index (κ1) is 16.8. The van der Waals surface area contributed by atoms with Crippen LogP contribution in [0.5, 0.6) is 0 Å². The minimum absolute atomic E-state index is 0. The van der Waals surface area contributed by atoms with Crippen molar-refractivity contribution in [1.29, 1.82) is 0 Å². The third kappa shape index (κ3) is 6.16. The highest BCUT2D eigenvalue weighted by atomic mass is 16.6. The highest BCUT2D eigenvalue weighted by molar-refractivity contribution is 5.88. The van der Waals surface area contributed by atoms with Crippen molar-refractivity contribution in [3.8, 4) is 0 Å². The van der Waals surface area contributed by atoms with Crippen LogP contribution < -0.4 is 16.0 Å². The first-order valence-corrected chi connectivity index (χ1v) is 6.91. The lowest BCUT2D eigenvalue weighted by atomic mass is 10.1. The topological polar surface area (TPSA) is 79.5 Å². The van der Waals surface area contributed by atoms with Gasteiger partial charge in [0, 0.05) is 23.6 Å². The predicted octanol–water partition coefficient (Wildman–Crippen LogP) is 3.59. The monoisotopic (exact) mass is 299 g/mol. The molecule has 122 valence electrons. The summed E-state index contributed by atoms with van der Waals surface area (Å²) in [7, 11) is 1.55. The molecule has 0 bridgehead atoms. The lowest BCUT2D eigenvalue weighted by Crippen LogP contribution is -2.33. The number of anilines is 1. The normalized spacial score (nSPS) is 10.7. The van der Waals surface area contributed by atoms with E-state index in [9.17, 15) is 9.59 Å². The fraction of sp³-hybridized carbons (Fsp3) is 0.467. The third-order valence-corrected chi connectivity index (χ3v) is 3.10. The van der Waals surface area contributed by atoms with Crippen LogP contribution in [0, 0.1) is 0 Å². The minimum atomic E-state index is -0.467. The first-order chi connectivity index (χ1) is 9.86. The standard InChI is InChI=1S/C15H23N3O3.3H2/c1-5-15(2,3)21-14(20)17-10-11-6-8-12(9-7-11)18-13(19)16-4;;;/h6-9H,5,10H2,1-4H3,(H,17,20)(H2,16,18,19);3*1H. The number of hydrogen-bond donors (Lipinski definition) is 3. The summed E-state index contributed by atoms with van der Waals surface area (Å²) in [6, 6.07) is 6.93. The molecule has 0 aromatic heterocycles. The van der Waals surface area contributed by atoms with Crippen molar-refractivity contribution in [2.24, 2.45) is 0 Å². The number of urea groups is 1. The number of nitrogens with one attached hydrogen (secondary N) is 3. The average Bonchev–Trinajstić information content (AvgIpc) is 2.46. The molecule has 0 heterocycles. The maximum atomic E-state index is 11.6. The van der Waals surface area contributed by atoms with E-state index < -0.39 is 11.7 Å². The van der Waals surface area contributed by atoms with E-state index in [4.69, 9.17) is 4.74 Å². The van der Waals surface area contributed by atoms with Crippen LogP contribution in [0.3, 0.4) is 0 Å². The quantitative estimate of drug-likeness (QED) is 0.777. The molecule has 1 aromatic carbocycles. The van der Waals surface area contributed by atoms with Crippen molar-refractivity contribution < 1.29 is 18.6 Å². The van der Waals surface area contributed by atoms with E-state index in [1.54, 1.807) is 19.2 Å². The number of hydrogen-bond acceptors (Lipinski definition) is 3. The SMILES string of the molecule is CCC(C)(C)OC(=O)NCc1ccc(NC(=O)NC)cc1.[HH].[HH].[HH]. The molecule has 3 amide bonds. The van der Waals surface area contributed by atoms with E-state index in [1.165, 1.54) is 0 Å². The molecule has 0 aliphatic carbocycles. The average molecular weight is 299 g/mol. The largest absolute Gasteiger partial charge is 0.444 e. The molecule has 0 unspecified atom stereocenters. The Balaban J connectivity index is -0.00000147. The number of rotatable bonds is 5. The van der Waals surface area contributed by atoms with E-state index in [1.807, 2.05) is 32.9 Å². The van der Waals surface area contributed by atoms with Crippen LogP contribution in [0.15, 0.2) is 24.3 Å². The molecule has 0 fully saturated rings. The Bertz CT molecular complexity index is 496. The molecule has 0 aliphatic heterocycles. The lowest BCUT2D eigenvalue weighted by molar-refractivity contribution is 0.0360. The van der Waals surface area contributed by atoms with E-state index in [0.29, 0.717) is 12.2 Å². The second-order valence-electron chi connectivity index (χ2n) is 5.26. The number of ether oxygens (including phenoxy) is 1. The molecular weight excluding hydrogens is 270 g/mol. The molecule has 1 rings (SSSR count). The van der Waals surface area contributed by atoms with Crippen LogP contribution >= 0.6 is 0 Å². The summed E-state index contributed by atoms with van der Waals surface area (Å²) < 4.78 is 5.28. The van der Waals surface area contributed by atoms with Gasteiger partial charge in [0.05, 0.1) is 0 Å². The van der Waals surface area contributed by atoms with Gasteiger partial charge in [0.1, 0.15) is 5.60 Å². The summed E-state index contributed by atoms with van der Waals surface area (Å²) >= 11 is 0. The Morgan fingerprint density at radius 3 is 2.38 bits per heavy atom. The van der Waals surface area contributed by atoms with Gasteiger partial charge in [-0.25, -0.2) is 9.59 Å². The first-order valence-electron chi connectivity index (χ1n) is 6.91. The number of alkyl carbamates (subject to hydrolysis) is 1. The molecule has 0 aliphatic rings. The summed E-state index contributed by atoms with van der Waals surface area (Å²) in [5.41, 5.74) is 1.14. The molecule has 0 saturated heterocycles. The van der Waals surface area contributed by atoms with Gasteiger partial charge in [-0.05, 0) is 38.0 Å². The van der Waals surface area contributed by atoms with Gasteiger partial charge in [-0.2, -0.15) is 0 Å². The summed E-state index contributed by atoms with van der Waals surface area (Å²) in [6.07, 6.45) is 0.315. The number of benzene rings is 1. The fourth-order valence-electron chi connectivity index (χ4n) is 1.43. The van der Waals surface area contributed by atoms with Crippen LogP contribution in [0.1, 0.15) is 37.0 Å². The van der Waals surface area contributed by atoms with Crippen molar-refractivity contribution >= 4 is 17.8 Å². The zero-order valence-corrected chi connectivity index (χ0v) is 12.9. The van der Waals surface area contributed by atoms with Crippen LogP contribution in [-0.4, -0.2) is 24.8 Å². The molecule has 0 spiro atoms. The van der Waals surface area contributed by atoms with Crippen molar-refractivity contribution in [3.63, 3.8) is 0 Å². The Morgan fingerprint density at radius 1 is 1.24 bits per heavy atom. The van der Waals surface area contributed by atoms with Crippen LogP contribution in [-0.2, 0) is 11.3 Å². The maximum absolute atomic E-state index is 11.6. The number of carbonyl (C=O) groups is 2. The van der Waals surface area contributed by atoms with E-state index in [2.05, 4.69) is 16.0 Å². The Kier molecular flexibility index (Phi) is 6.02. The zero-order valence-electron chi connectivity index (χ0n) is 12.9. The molecule has 0 atom stereocenters. The van der Waals surface area contributed by atoms with Crippen molar-refractivity contribution in [2.75, 3.05) is 12.4 Å². The Hall–Kier alpha value is -2.24. The molecule has 6 nitrogen and oxygen atoms in total. The molecule has 21 heavy (non-hydrogen) atoms. The van der Waals surface area contributed by atoms with Gasteiger partial charge >= 0.3 is 12.1 Å². The second kappa shape index (κ2) is 7.52. The highest BCUT2D eigenvalue weighted by Gasteiger charge is 2.19. The molecule has 1 aromatic rings. The Morgan fingerprint density at radius 2 is 1.86 bits per heavy atom. The van der Waals surface area contributed by atoms with Crippen molar-refractivity contribution in [2.45, 2.75) is 39.3 Å². The van der Waals surface area contributed by atoms with E-state index >= 15 is 0 Å². The minimum Gasteiger partial charge on any atom is -0.444 e. The highest BCUT2D eigenvalue weighted by Crippen LogP contribution is 2.14.